The minimum absolute atomic E-state index is 0.0807. The third-order valence-corrected chi connectivity index (χ3v) is 4.20. The smallest absolute Gasteiger partial charge is 0.309 e. The van der Waals surface area contributed by atoms with Gasteiger partial charge in [0.2, 0.25) is 0 Å². The number of hydrogen-bond donors (Lipinski definition) is 0. The number of methoxy groups -OCH3 is 1. The molecule has 1 aliphatic carbocycles. The van der Waals surface area contributed by atoms with E-state index in [2.05, 4.69) is 0 Å². The minimum atomic E-state index is -0.178. The van der Waals surface area contributed by atoms with Crippen LogP contribution in [0.3, 0.4) is 0 Å². The molecule has 1 fully saturated rings. The van der Waals surface area contributed by atoms with Crippen molar-refractivity contribution >= 4 is 29.2 Å². The van der Waals surface area contributed by atoms with Crippen LogP contribution in [0.4, 0.5) is 0 Å². The Morgan fingerprint density at radius 1 is 1.43 bits per heavy atom. The molecule has 0 saturated heterocycles. The van der Waals surface area contributed by atoms with Gasteiger partial charge < -0.3 is 4.74 Å². The molecule has 2 unspecified atom stereocenters. The maximum atomic E-state index is 11.4. The molecule has 2 nitrogen and oxygen atoms in total. The molecule has 0 aromatic carbocycles. The highest BCUT2D eigenvalue weighted by molar-refractivity contribution is 6.30. The lowest BCUT2D eigenvalue weighted by atomic mass is 10.1. The summed E-state index contributed by atoms with van der Waals surface area (Å²) in [6, 6.07) is 0. The highest BCUT2D eigenvalue weighted by Crippen LogP contribution is 2.62. The zero-order valence-electron chi connectivity index (χ0n) is 8.88. The first-order valence-corrected chi connectivity index (χ1v) is 5.57. The minimum Gasteiger partial charge on any atom is -0.469 e. The van der Waals surface area contributed by atoms with Gasteiger partial charge in [0.25, 0.3) is 0 Å². The van der Waals surface area contributed by atoms with Crippen LogP contribution in [0.1, 0.15) is 20.8 Å². The van der Waals surface area contributed by atoms with Gasteiger partial charge in [-0.15, -0.1) is 23.2 Å². The van der Waals surface area contributed by atoms with Crippen molar-refractivity contribution in [1.82, 2.24) is 0 Å². The first-order valence-electron chi connectivity index (χ1n) is 4.70. The summed E-state index contributed by atoms with van der Waals surface area (Å²) in [5.74, 6) is -0.150. The molecule has 0 amide bonds. The summed E-state index contributed by atoms with van der Waals surface area (Å²) in [5.41, 5.74) is -0.0807. The lowest BCUT2D eigenvalue weighted by molar-refractivity contribution is -0.143. The summed E-state index contributed by atoms with van der Waals surface area (Å²) in [5, 5.41) is -0.300. The van der Waals surface area contributed by atoms with Crippen molar-refractivity contribution < 1.29 is 9.53 Å². The van der Waals surface area contributed by atoms with Gasteiger partial charge in [-0.2, -0.15) is 0 Å². The van der Waals surface area contributed by atoms with Gasteiger partial charge in [0.15, 0.2) is 0 Å². The summed E-state index contributed by atoms with van der Waals surface area (Å²) >= 11 is 12.1. The normalized spacial score (nSPS) is 33.3. The largest absolute Gasteiger partial charge is 0.469 e. The van der Waals surface area contributed by atoms with E-state index in [4.69, 9.17) is 27.9 Å². The molecule has 4 heteroatoms. The van der Waals surface area contributed by atoms with E-state index >= 15 is 0 Å². The maximum Gasteiger partial charge on any atom is 0.309 e. The van der Waals surface area contributed by atoms with Crippen LogP contribution in [-0.2, 0) is 9.53 Å². The molecule has 1 aliphatic rings. The van der Waals surface area contributed by atoms with Crippen molar-refractivity contribution in [3.63, 3.8) is 0 Å². The van der Waals surface area contributed by atoms with Gasteiger partial charge in [-0.3, -0.25) is 4.79 Å². The molecule has 14 heavy (non-hydrogen) atoms. The lowest BCUT2D eigenvalue weighted by Gasteiger charge is -2.12. The van der Waals surface area contributed by atoms with Gasteiger partial charge in [-0.25, -0.2) is 0 Å². The van der Waals surface area contributed by atoms with E-state index in [-0.39, 0.29) is 34.0 Å². The number of ether oxygens (including phenoxy) is 1. The number of rotatable bonds is 3. The lowest BCUT2D eigenvalue weighted by Crippen LogP contribution is -2.17. The molecule has 0 N–H and O–H groups in total. The fraction of sp³-hybridized carbons (Fsp3) is 0.900. The van der Waals surface area contributed by atoms with Crippen LogP contribution in [0.2, 0.25) is 0 Å². The maximum absolute atomic E-state index is 11.4. The first-order chi connectivity index (χ1) is 6.34. The fourth-order valence-electron chi connectivity index (χ4n) is 2.13. The van der Waals surface area contributed by atoms with Crippen LogP contribution in [-0.4, -0.2) is 23.8 Å². The van der Waals surface area contributed by atoms with E-state index in [1.807, 2.05) is 20.8 Å². The molecule has 0 radical (unpaired) electrons. The van der Waals surface area contributed by atoms with Gasteiger partial charge >= 0.3 is 5.97 Å². The monoisotopic (exact) mass is 238 g/mol. The van der Waals surface area contributed by atoms with E-state index in [0.717, 1.165) is 0 Å². The first kappa shape index (κ1) is 12.1. The molecular weight excluding hydrogens is 223 g/mol. The van der Waals surface area contributed by atoms with E-state index in [1.54, 1.807) is 0 Å². The van der Waals surface area contributed by atoms with Crippen molar-refractivity contribution in [3.05, 3.63) is 0 Å². The number of halogens is 2. The van der Waals surface area contributed by atoms with Gasteiger partial charge in [-0.1, -0.05) is 13.8 Å². The second kappa shape index (κ2) is 3.90. The Bertz CT molecular complexity index is 238. The summed E-state index contributed by atoms with van der Waals surface area (Å²) in [6.07, 6.45) is 0. The Kier molecular flexibility index (Phi) is 3.37. The van der Waals surface area contributed by atoms with Gasteiger partial charge in [0, 0.05) is 5.38 Å². The van der Waals surface area contributed by atoms with Crippen LogP contribution in [0.25, 0.3) is 0 Å². The predicted molar refractivity (Wildman–Crippen MR) is 57.7 cm³/mol. The zero-order valence-corrected chi connectivity index (χ0v) is 10.4. The quantitative estimate of drug-likeness (QED) is 0.559. The standard InChI is InChI=1S/C10H16Cl2O2/c1-5(11)8(12)6-7(9(13)14-4)10(6,2)3/h5-8H,1-4H3/t5?,6-,7-,8?/m0/s1. The number of carbonyl (C=O) groups excluding carboxylic acids is 1. The molecule has 82 valence electrons. The number of carbonyl (C=O) groups is 1. The Morgan fingerprint density at radius 2 is 1.93 bits per heavy atom. The Labute approximate surface area is 94.9 Å². The zero-order chi connectivity index (χ0) is 11.1. The summed E-state index contributed by atoms with van der Waals surface area (Å²) in [7, 11) is 1.40. The van der Waals surface area contributed by atoms with Crippen LogP contribution in [0.15, 0.2) is 0 Å². The van der Waals surface area contributed by atoms with Crippen LogP contribution in [0, 0.1) is 17.3 Å². The SMILES string of the molecule is COC(=O)[C@@H]1[C@@H](C(Cl)C(C)Cl)C1(C)C. The van der Waals surface area contributed by atoms with Gasteiger partial charge in [0.05, 0.1) is 18.4 Å². The average molecular weight is 239 g/mol. The summed E-state index contributed by atoms with van der Waals surface area (Å²) in [4.78, 5) is 11.4. The number of hydrogen-bond acceptors (Lipinski definition) is 2. The third kappa shape index (κ3) is 1.87. The Morgan fingerprint density at radius 3 is 2.29 bits per heavy atom. The molecule has 0 bridgehead atoms. The molecule has 4 atom stereocenters. The molecule has 0 heterocycles. The van der Waals surface area contributed by atoms with Crippen molar-refractivity contribution in [3.8, 4) is 0 Å². The van der Waals surface area contributed by atoms with E-state index < -0.39 is 0 Å². The second-order valence-electron chi connectivity index (χ2n) is 4.47. The van der Waals surface area contributed by atoms with Gasteiger partial charge in [-0.05, 0) is 18.3 Å². The van der Waals surface area contributed by atoms with Gasteiger partial charge in [0.1, 0.15) is 0 Å². The summed E-state index contributed by atoms with van der Waals surface area (Å²) < 4.78 is 4.73. The van der Waals surface area contributed by atoms with E-state index in [9.17, 15) is 4.79 Å². The summed E-state index contributed by atoms with van der Waals surface area (Å²) in [6.45, 7) is 5.89. The topological polar surface area (TPSA) is 26.3 Å². The predicted octanol–water partition coefficient (Wildman–Crippen LogP) is 2.67. The average Bonchev–Trinajstić information content (AvgIpc) is 2.66. The second-order valence-corrected chi connectivity index (χ2v) is 5.66. The van der Waals surface area contributed by atoms with E-state index in [1.165, 1.54) is 7.11 Å². The van der Waals surface area contributed by atoms with Crippen molar-refractivity contribution in [2.75, 3.05) is 7.11 Å². The molecule has 1 rings (SSSR count). The Balaban J connectivity index is 2.70. The highest BCUT2D eigenvalue weighted by Gasteiger charge is 2.65. The van der Waals surface area contributed by atoms with Crippen molar-refractivity contribution in [2.24, 2.45) is 17.3 Å². The molecule has 0 aromatic rings. The van der Waals surface area contributed by atoms with Crippen LogP contribution < -0.4 is 0 Å². The number of alkyl halides is 2. The fourth-order valence-corrected chi connectivity index (χ4v) is 2.76. The number of esters is 1. The third-order valence-electron chi connectivity index (χ3n) is 3.15. The highest BCUT2D eigenvalue weighted by atomic mass is 35.5. The van der Waals surface area contributed by atoms with Crippen LogP contribution in [0.5, 0.6) is 0 Å². The van der Waals surface area contributed by atoms with Crippen molar-refractivity contribution in [2.45, 2.75) is 31.5 Å². The van der Waals surface area contributed by atoms with E-state index in [0.29, 0.717) is 0 Å². The van der Waals surface area contributed by atoms with Crippen LogP contribution >= 0.6 is 23.2 Å². The van der Waals surface area contributed by atoms with Crippen molar-refractivity contribution in [1.29, 1.82) is 0 Å². The molecule has 0 spiro atoms. The molecular formula is C10H16Cl2O2. The Hall–Kier alpha value is 0.0500. The molecule has 0 aromatic heterocycles. The molecule has 0 aliphatic heterocycles. The molecule has 1 saturated carbocycles.